The highest BCUT2D eigenvalue weighted by Crippen LogP contribution is 2.44. The van der Waals surface area contributed by atoms with Crippen molar-refractivity contribution in [3.8, 4) is 0 Å². The number of piperidine rings is 1. The average Bonchev–Trinajstić information content (AvgIpc) is 2.58. The smallest absolute Gasteiger partial charge is 0.223 e. The van der Waals surface area contributed by atoms with E-state index in [1.807, 2.05) is 4.90 Å². The number of rotatable bonds is 0. The lowest BCUT2D eigenvalue weighted by Gasteiger charge is -2.38. The number of amides is 1. The first-order valence-electron chi connectivity index (χ1n) is 7.31. The molecule has 3 nitrogen and oxygen atoms in total. The van der Waals surface area contributed by atoms with Crippen molar-refractivity contribution in [2.24, 2.45) is 0 Å². The van der Waals surface area contributed by atoms with Gasteiger partial charge in [-0.25, -0.2) is 0 Å². The van der Waals surface area contributed by atoms with Gasteiger partial charge in [-0.2, -0.15) is 0 Å². The van der Waals surface area contributed by atoms with Crippen LogP contribution in [-0.2, 0) is 10.2 Å². The Labute approximate surface area is 115 Å². The Morgan fingerprint density at radius 3 is 2.68 bits per heavy atom. The predicted molar refractivity (Wildman–Crippen MR) is 77.5 cm³/mol. The predicted octanol–water partition coefficient (Wildman–Crippen LogP) is 2.45. The second-order valence-electron chi connectivity index (χ2n) is 5.82. The highest BCUT2D eigenvalue weighted by molar-refractivity contribution is 5.92. The van der Waals surface area contributed by atoms with Crippen molar-refractivity contribution in [2.75, 3.05) is 24.5 Å². The van der Waals surface area contributed by atoms with Gasteiger partial charge >= 0.3 is 0 Å². The number of para-hydroxylation sites is 1. The highest BCUT2D eigenvalue weighted by atomic mass is 16.2. The number of hydrogen-bond donors (Lipinski definition) is 1. The molecule has 1 aromatic rings. The molecule has 102 valence electrons. The molecule has 19 heavy (non-hydrogen) atoms. The zero-order valence-corrected chi connectivity index (χ0v) is 11.6. The van der Waals surface area contributed by atoms with Gasteiger partial charge in [0.1, 0.15) is 0 Å². The van der Waals surface area contributed by atoms with Crippen LogP contribution in [-0.4, -0.2) is 25.5 Å². The van der Waals surface area contributed by atoms with E-state index in [0.717, 1.165) is 31.7 Å². The molecule has 0 bridgehead atoms. The molecule has 1 fully saturated rings. The lowest BCUT2D eigenvalue weighted by atomic mass is 9.70. The minimum absolute atomic E-state index is 0.165. The highest BCUT2D eigenvalue weighted by Gasteiger charge is 2.38. The molecule has 0 aliphatic carbocycles. The normalized spacial score (nSPS) is 21.8. The van der Waals surface area contributed by atoms with Gasteiger partial charge in [0.25, 0.3) is 0 Å². The van der Waals surface area contributed by atoms with Crippen LogP contribution < -0.4 is 10.2 Å². The molecule has 3 heteroatoms. The Kier molecular flexibility index (Phi) is 3.31. The molecular formula is C16H22N2O. The molecule has 0 saturated carbocycles. The third-order valence-electron chi connectivity index (χ3n) is 4.74. The number of carbonyl (C=O) groups is 1. The Bertz CT molecular complexity index is 477. The van der Waals surface area contributed by atoms with Gasteiger partial charge in [0.2, 0.25) is 5.91 Å². The number of hydrogen-bond acceptors (Lipinski definition) is 2. The number of fused-ring (bicyclic) bond motifs is 2. The topological polar surface area (TPSA) is 32.3 Å². The molecule has 2 heterocycles. The van der Waals surface area contributed by atoms with Gasteiger partial charge in [0, 0.05) is 19.2 Å². The average molecular weight is 258 g/mol. The van der Waals surface area contributed by atoms with Crippen LogP contribution in [0, 0.1) is 0 Å². The maximum absolute atomic E-state index is 11.9. The molecule has 0 radical (unpaired) electrons. The Morgan fingerprint density at radius 1 is 1.21 bits per heavy atom. The van der Waals surface area contributed by atoms with Gasteiger partial charge in [0.15, 0.2) is 0 Å². The monoisotopic (exact) mass is 258 g/mol. The van der Waals surface area contributed by atoms with Crippen LogP contribution in [0.3, 0.4) is 0 Å². The van der Waals surface area contributed by atoms with Crippen LogP contribution in [0.1, 0.15) is 38.2 Å². The molecule has 2 aliphatic rings. The largest absolute Gasteiger partial charge is 0.317 e. The minimum Gasteiger partial charge on any atom is -0.317 e. The van der Waals surface area contributed by atoms with Crippen molar-refractivity contribution in [2.45, 2.75) is 38.0 Å². The second kappa shape index (κ2) is 4.97. The summed E-state index contributed by atoms with van der Waals surface area (Å²) in [5, 5.41) is 3.46. The fourth-order valence-corrected chi connectivity index (χ4v) is 3.74. The van der Waals surface area contributed by atoms with Crippen molar-refractivity contribution in [1.29, 1.82) is 0 Å². The Morgan fingerprint density at radius 2 is 1.95 bits per heavy atom. The standard InChI is InChI=1S/C16H22N2O/c1-13(19)18-12-4-7-16(8-10-17-11-9-16)14-5-2-3-6-15(14)18/h2-3,5-6,17H,4,7-12H2,1H3. The molecule has 0 atom stereocenters. The van der Waals surface area contributed by atoms with Crippen LogP contribution in [0.15, 0.2) is 24.3 Å². The fraction of sp³-hybridized carbons (Fsp3) is 0.562. The molecule has 2 aliphatic heterocycles. The van der Waals surface area contributed by atoms with Crippen LogP contribution in [0.4, 0.5) is 5.69 Å². The summed E-state index contributed by atoms with van der Waals surface area (Å²) in [6.45, 7) is 4.72. The van der Waals surface area contributed by atoms with E-state index in [1.165, 1.54) is 24.8 Å². The van der Waals surface area contributed by atoms with E-state index < -0.39 is 0 Å². The van der Waals surface area contributed by atoms with E-state index >= 15 is 0 Å². The molecule has 1 spiro atoms. The fourth-order valence-electron chi connectivity index (χ4n) is 3.74. The van der Waals surface area contributed by atoms with E-state index in [1.54, 1.807) is 6.92 Å². The summed E-state index contributed by atoms with van der Waals surface area (Å²) in [5.74, 6) is 0.165. The first kappa shape index (κ1) is 12.7. The van der Waals surface area contributed by atoms with Crippen molar-refractivity contribution < 1.29 is 4.79 Å². The van der Waals surface area contributed by atoms with Gasteiger partial charge in [-0.15, -0.1) is 0 Å². The zero-order chi connectivity index (χ0) is 13.3. The van der Waals surface area contributed by atoms with Gasteiger partial charge < -0.3 is 10.2 Å². The molecular weight excluding hydrogens is 236 g/mol. The Hall–Kier alpha value is -1.35. The third-order valence-corrected chi connectivity index (χ3v) is 4.74. The summed E-state index contributed by atoms with van der Waals surface area (Å²) in [6, 6.07) is 8.52. The molecule has 0 aromatic heterocycles. The molecule has 3 rings (SSSR count). The summed E-state index contributed by atoms with van der Waals surface area (Å²) in [7, 11) is 0. The van der Waals surface area contributed by atoms with Crippen molar-refractivity contribution in [1.82, 2.24) is 5.32 Å². The van der Waals surface area contributed by atoms with E-state index in [-0.39, 0.29) is 11.3 Å². The zero-order valence-electron chi connectivity index (χ0n) is 11.6. The molecule has 0 unspecified atom stereocenters. The van der Waals surface area contributed by atoms with Gasteiger partial charge in [-0.3, -0.25) is 4.79 Å². The minimum atomic E-state index is 0.165. The number of benzene rings is 1. The molecule has 1 aromatic carbocycles. The van der Waals surface area contributed by atoms with Gasteiger partial charge in [-0.1, -0.05) is 18.2 Å². The first-order valence-corrected chi connectivity index (χ1v) is 7.31. The summed E-state index contributed by atoms with van der Waals surface area (Å²) in [4.78, 5) is 13.9. The van der Waals surface area contributed by atoms with Gasteiger partial charge in [0.05, 0.1) is 0 Å². The molecule has 1 amide bonds. The van der Waals surface area contributed by atoms with Gasteiger partial charge in [-0.05, 0) is 55.8 Å². The number of nitrogens with zero attached hydrogens (tertiary/aromatic N) is 1. The summed E-state index contributed by atoms with van der Waals surface area (Å²) in [6.07, 6.45) is 4.69. The number of nitrogens with one attached hydrogen (secondary N) is 1. The SMILES string of the molecule is CC(=O)N1CCCC2(CCNCC2)c2ccccc21. The summed E-state index contributed by atoms with van der Waals surface area (Å²) in [5.41, 5.74) is 2.82. The molecule has 1 saturated heterocycles. The van der Waals surface area contributed by atoms with E-state index in [0.29, 0.717) is 0 Å². The maximum atomic E-state index is 11.9. The summed E-state index contributed by atoms with van der Waals surface area (Å²) < 4.78 is 0. The molecule has 1 N–H and O–H groups in total. The van der Waals surface area contributed by atoms with Crippen molar-refractivity contribution in [3.63, 3.8) is 0 Å². The van der Waals surface area contributed by atoms with Crippen molar-refractivity contribution >= 4 is 11.6 Å². The second-order valence-corrected chi connectivity index (χ2v) is 5.82. The summed E-state index contributed by atoms with van der Waals surface area (Å²) >= 11 is 0. The third kappa shape index (κ3) is 2.16. The van der Waals surface area contributed by atoms with Crippen LogP contribution >= 0.6 is 0 Å². The van der Waals surface area contributed by atoms with Crippen LogP contribution in [0.2, 0.25) is 0 Å². The Balaban J connectivity index is 2.09. The maximum Gasteiger partial charge on any atom is 0.223 e. The van der Waals surface area contributed by atoms with E-state index in [4.69, 9.17) is 0 Å². The van der Waals surface area contributed by atoms with E-state index in [9.17, 15) is 4.79 Å². The van der Waals surface area contributed by atoms with Crippen molar-refractivity contribution in [3.05, 3.63) is 29.8 Å². The van der Waals surface area contributed by atoms with Crippen LogP contribution in [0.5, 0.6) is 0 Å². The number of anilines is 1. The van der Waals surface area contributed by atoms with E-state index in [2.05, 4.69) is 29.6 Å². The lowest BCUT2D eigenvalue weighted by molar-refractivity contribution is -0.116. The number of carbonyl (C=O) groups excluding carboxylic acids is 1. The lowest BCUT2D eigenvalue weighted by Crippen LogP contribution is -2.39. The first-order chi connectivity index (χ1) is 9.23. The van der Waals surface area contributed by atoms with Crippen LogP contribution in [0.25, 0.3) is 0 Å². The quantitative estimate of drug-likeness (QED) is 0.775.